The molecule has 0 saturated heterocycles. The van der Waals surface area contributed by atoms with E-state index >= 15 is 0 Å². The van der Waals surface area contributed by atoms with Gasteiger partial charge in [-0.05, 0) is 50.1 Å². The van der Waals surface area contributed by atoms with Crippen molar-refractivity contribution < 1.29 is 14.6 Å². The zero-order chi connectivity index (χ0) is 15.4. The molecule has 1 aromatic heterocycles. The molecule has 0 aliphatic carbocycles. The van der Waals surface area contributed by atoms with Crippen molar-refractivity contribution in [2.45, 2.75) is 39.8 Å². The van der Waals surface area contributed by atoms with Crippen molar-refractivity contribution in [2.24, 2.45) is 0 Å². The average Bonchev–Trinajstić information content (AvgIpc) is 2.93. The molecule has 0 fully saturated rings. The topological polar surface area (TPSA) is 64.3 Å². The normalized spacial score (nSPS) is 12.1. The number of carboxylic acid groups (broad SMARTS) is 1. The van der Waals surface area contributed by atoms with Gasteiger partial charge in [0.1, 0.15) is 12.4 Å². The molecule has 1 aromatic carbocycles. The van der Waals surface area contributed by atoms with E-state index in [1.54, 1.807) is 18.2 Å². The van der Waals surface area contributed by atoms with E-state index in [4.69, 9.17) is 9.84 Å². The van der Waals surface area contributed by atoms with Crippen LogP contribution in [0.4, 0.5) is 0 Å². The molecule has 5 nitrogen and oxygen atoms in total. The van der Waals surface area contributed by atoms with Crippen LogP contribution in [0.5, 0.6) is 5.75 Å². The van der Waals surface area contributed by atoms with Gasteiger partial charge in [0.2, 0.25) is 0 Å². The van der Waals surface area contributed by atoms with Crippen LogP contribution in [0.2, 0.25) is 0 Å². The number of aromatic carboxylic acids is 1. The molecule has 2 rings (SSSR count). The zero-order valence-corrected chi connectivity index (χ0v) is 12.5. The monoisotopic (exact) mass is 288 g/mol. The van der Waals surface area contributed by atoms with Gasteiger partial charge in [-0.3, -0.25) is 4.68 Å². The van der Waals surface area contributed by atoms with Crippen molar-refractivity contribution in [2.75, 3.05) is 0 Å². The fourth-order valence-electron chi connectivity index (χ4n) is 1.98. The SMILES string of the molecule is CCC(C)n1ccc(COc2ccc(C(=O)O)cc2C)n1. The molecule has 0 radical (unpaired) electrons. The van der Waals surface area contributed by atoms with Crippen molar-refractivity contribution in [3.05, 3.63) is 47.3 Å². The molecule has 5 heteroatoms. The van der Waals surface area contributed by atoms with Crippen molar-refractivity contribution >= 4 is 5.97 Å². The van der Waals surface area contributed by atoms with Gasteiger partial charge in [0.15, 0.2) is 0 Å². The maximum atomic E-state index is 10.9. The fraction of sp³-hybridized carbons (Fsp3) is 0.375. The summed E-state index contributed by atoms with van der Waals surface area (Å²) in [6.45, 7) is 6.44. The summed E-state index contributed by atoms with van der Waals surface area (Å²) < 4.78 is 7.65. The van der Waals surface area contributed by atoms with E-state index < -0.39 is 5.97 Å². The maximum absolute atomic E-state index is 10.9. The summed E-state index contributed by atoms with van der Waals surface area (Å²) in [6.07, 6.45) is 2.98. The Kier molecular flexibility index (Phi) is 4.62. The quantitative estimate of drug-likeness (QED) is 0.884. The molecular formula is C16H20N2O3. The van der Waals surface area contributed by atoms with Crippen LogP contribution in [-0.2, 0) is 6.61 Å². The number of hydrogen-bond donors (Lipinski definition) is 1. The van der Waals surface area contributed by atoms with Crippen LogP contribution < -0.4 is 4.74 Å². The van der Waals surface area contributed by atoms with Gasteiger partial charge in [-0.15, -0.1) is 0 Å². The average molecular weight is 288 g/mol. The maximum Gasteiger partial charge on any atom is 0.335 e. The van der Waals surface area contributed by atoms with Gasteiger partial charge < -0.3 is 9.84 Å². The molecule has 0 saturated carbocycles. The number of hydrogen-bond acceptors (Lipinski definition) is 3. The van der Waals surface area contributed by atoms with Crippen LogP contribution in [-0.4, -0.2) is 20.9 Å². The van der Waals surface area contributed by atoms with Crippen LogP contribution in [0.3, 0.4) is 0 Å². The second-order valence-electron chi connectivity index (χ2n) is 5.12. The molecular weight excluding hydrogens is 268 g/mol. The predicted octanol–water partition coefficient (Wildman–Crippen LogP) is 3.44. The summed E-state index contributed by atoms with van der Waals surface area (Å²) in [5.74, 6) is -0.255. The third kappa shape index (κ3) is 3.62. The Hall–Kier alpha value is -2.30. The second-order valence-corrected chi connectivity index (χ2v) is 5.12. The molecule has 0 bridgehead atoms. The fourth-order valence-corrected chi connectivity index (χ4v) is 1.98. The first-order chi connectivity index (χ1) is 10.0. The van der Waals surface area contributed by atoms with Crippen LogP contribution in [0, 0.1) is 6.92 Å². The summed E-state index contributed by atoms with van der Waals surface area (Å²) in [6, 6.07) is 7.14. The van der Waals surface area contributed by atoms with Crippen LogP contribution in [0.25, 0.3) is 0 Å². The van der Waals surface area contributed by atoms with Crippen LogP contribution in [0.15, 0.2) is 30.5 Å². The molecule has 0 spiro atoms. The highest BCUT2D eigenvalue weighted by Crippen LogP contribution is 2.20. The van der Waals surface area contributed by atoms with E-state index in [1.807, 2.05) is 23.9 Å². The lowest BCUT2D eigenvalue weighted by molar-refractivity contribution is 0.0696. The van der Waals surface area contributed by atoms with Gasteiger partial charge in [-0.1, -0.05) is 6.92 Å². The lowest BCUT2D eigenvalue weighted by Crippen LogP contribution is -2.06. The van der Waals surface area contributed by atoms with Crippen molar-refractivity contribution in [3.8, 4) is 5.75 Å². The van der Waals surface area contributed by atoms with Crippen molar-refractivity contribution in [1.82, 2.24) is 9.78 Å². The largest absolute Gasteiger partial charge is 0.487 e. The first-order valence-corrected chi connectivity index (χ1v) is 7.02. The number of rotatable bonds is 6. The Balaban J connectivity index is 2.03. The standard InChI is InChI=1S/C16H20N2O3/c1-4-12(3)18-8-7-14(17-18)10-21-15-6-5-13(16(19)20)9-11(15)2/h5-9,12H,4,10H2,1-3H3,(H,19,20). The summed E-state index contributed by atoms with van der Waals surface area (Å²) in [5.41, 5.74) is 1.93. The van der Waals surface area contributed by atoms with Crippen LogP contribution in [0.1, 0.15) is 47.9 Å². The summed E-state index contributed by atoms with van der Waals surface area (Å²) in [5, 5.41) is 13.4. The molecule has 2 aromatic rings. The number of aryl methyl sites for hydroxylation is 1. The number of benzene rings is 1. The number of carbonyl (C=O) groups is 1. The van der Waals surface area contributed by atoms with Crippen LogP contribution >= 0.6 is 0 Å². The lowest BCUT2D eigenvalue weighted by atomic mass is 10.1. The molecule has 112 valence electrons. The number of aromatic nitrogens is 2. The number of nitrogens with zero attached hydrogens (tertiary/aromatic N) is 2. The first kappa shape index (κ1) is 15.1. The molecule has 0 aliphatic heterocycles. The molecule has 1 unspecified atom stereocenters. The summed E-state index contributed by atoms with van der Waals surface area (Å²) in [4.78, 5) is 10.9. The van der Waals surface area contributed by atoms with E-state index in [2.05, 4.69) is 18.9 Å². The van der Waals surface area contributed by atoms with Gasteiger partial charge in [-0.2, -0.15) is 5.10 Å². The minimum Gasteiger partial charge on any atom is -0.487 e. The Morgan fingerprint density at radius 2 is 2.19 bits per heavy atom. The smallest absolute Gasteiger partial charge is 0.335 e. The second kappa shape index (κ2) is 6.43. The Morgan fingerprint density at radius 1 is 1.43 bits per heavy atom. The van der Waals surface area contributed by atoms with E-state index in [1.165, 1.54) is 0 Å². The Labute approximate surface area is 124 Å². The Bertz CT molecular complexity index is 634. The van der Waals surface area contributed by atoms with Gasteiger partial charge in [0, 0.05) is 12.2 Å². The highest BCUT2D eigenvalue weighted by molar-refractivity contribution is 5.88. The van der Waals surface area contributed by atoms with E-state index in [9.17, 15) is 4.79 Å². The van der Waals surface area contributed by atoms with E-state index in [0.29, 0.717) is 18.4 Å². The van der Waals surface area contributed by atoms with Gasteiger partial charge >= 0.3 is 5.97 Å². The first-order valence-electron chi connectivity index (χ1n) is 7.02. The third-order valence-electron chi connectivity index (χ3n) is 3.50. The minimum absolute atomic E-state index is 0.265. The van der Waals surface area contributed by atoms with Gasteiger partial charge in [-0.25, -0.2) is 4.79 Å². The van der Waals surface area contributed by atoms with Gasteiger partial charge in [0.25, 0.3) is 0 Å². The molecule has 1 N–H and O–H groups in total. The summed E-state index contributed by atoms with van der Waals surface area (Å²) in [7, 11) is 0. The number of ether oxygens (including phenoxy) is 1. The third-order valence-corrected chi connectivity index (χ3v) is 3.50. The molecule has 0 aliphatic rings. The van der Waals surface area contributed by atoms with Crippen molar-refractivity contribution in [3.63, 3.8) is 0 Å². The summed E-state index contributed by atoms with van der Waals surface area (Å²) >= 11 is 0. The highest BCUT2D eigenvalue weighted by atomic mass is 16.5. The highest BCUT2D eigenvalue weighted by Gasteiger charge is 2.08. The van der Waals surface area contributed by atoms with E-state index in [-0.39, 0.29) is 5.56 Å². The molecule has 0 amide bonds. The van der Waals surface area contributed by atoms with Crippen molar-refractivity contribution in [1.29, 1.82) is 0 Å². The lowest BCUT2D eigenvalue weighted by Gasteiger charge is -2.10. The Morgan fingerprint density at radius 3 is 2.81 bits per heavy atom. The number of carboxylic acids is 1. The molecule has 21 heavy (non-hydrogen) atoms. The van der Waals surface area contributed by atoms with Gasteiger partial charge in [0.05, 0.1) is 11.3 Å². The van der Waals surface area contributed by atoms with E-state index in [0.717, 1.165) is 17.7 Å². The zero-order valence-electron chi connectivity index (χ0n) is 12.5. The molecule has 1 atom stereocenters. The molecule has 1 heterocycles. The predicted molar refractivity (Wildman–Crippen MR) is 79.7 cm³/mol. The minimum atomic E-state index is -0.933.